The number of thiazole rings is 1. The van der Waals surface area contributed by atoms with Crippen molar-refractivity contribution in [3.05, 3.63) is 53.1 Å². The lowest BCUT2D eigenvalue weighted by Crippen LogP contribution is -2.37. The number of aryl methyl sites for hydroxylation is 2. The zero-order valence-corrected chi connectivity index (χ0v) is 18.0. The Bertz CT molecular complexity index is 1010. The van der Waals surface area contributed by atoms with Crippen molar-refractivity contribution >= 4 is 44.4 Å². The number of carbonyl (C=O) groups is 1. The molecule has 3 aromatic rings. The first-order chi connectivity index (χ1) is 13.6. The van der Waals surface area contributed by atoms with E-state index in [1.54, 1.807) is 23.1 Å². The third-order valence-corrected chi connectivity index (χ3v) is 7.14. The Balaban J connectivity index is 1.77. The highest BCUT2D eigenvalue weighted by Crippen LogP contribution is 2.34. The van der Waals surface area contributed by atoms with Gasteiger partial charge in [0.05, 0.1) is 28.4 Å². The monoisotopic (exact) mass is 412 g/mol. The Kier molecular flexibility index (Phi) is 5.71. The molecule has 1 unspecified atom stereocenters. The molecule has 146 valence electrons. The molecule has 1 aromatic heterocycles. The molecule has 1 atom stereocenters. The van der Waals surface area contributed by atoms with Gasteiger partial charge in [0.25, 0.3) is 5.91 Å². The van der Waals surface area contributed by atoms with E-state index in [-0.39, 0.29) is 12.0 Å². The summed E-state index contributed by atoms with van der Waals surface area (Å²) < 4.78 is 6.95. The number of hydrogen-bond donors (Lipinski definition) is 0. The summed E-state index contributed by atoms with van der Waals surface area (Å²) in [6, 6.07) is 12.0. The standard InChI is InChI=1S/C22H24N2O2S2/c1-14-10-11-19-20(15(14)2)23-22(28-19)24(13-16-7-6-12-26-16)21(25)17-8-4-5-9-18(17)27-3/h4-5,8-11,16H,6-7,12-13H2,1-3H3. The average molecular weight is 413 g/mol. The number of benzene rings is 2. The summed E-state index contributed by atoms with van der Waals surface area (Å²) in [5.41, 5.74) is 4.10. The fourth-order valence-electron chi connectivity index (χ4n) is 3.54. The smallest absolute Gasteiger partial charge is 0.261 e. The molecule has 0 aliphatic carbocycles. The van der Waals surface area contributed by atoms with E-state index in [2.05, 4.69) is 26.0 Å². The predicted octanol–water partition coefficient (Wildman–Crippen LogP) is 5.46. The van der Waals surface area contributed by atoms with Crippen LogP contribution >= 0.6 is 23.1 Å². The van der Waals surface area contributed by atoms with Crippen LogP contribution in [0.25, 0.3) is 10.2 Å². The molecular weight excluding hydrogens is 388 g/mol. The summed E-state index contributed by atoms with van der Waals surface area (Å²) in [7, 11) is 0. The minimum atomic E-state index is -0.00567. The molecule has 0 saturated carbocycles. The van der Waals surface area contributed by atoms with Gasteiger partial charge >= 0.3 is 0 Å². The van der Waals surface area contributed by atoms with Crippen molar-refractivity contribution in [2.75, 3.05) is 24.3 Å². The van der Waals surface area contributed by atoms with Crippen LogP contribution in [0.3, 0.4) is 0 Å². The lowest BCUT2D eigenvalue weighted by Gasteiger charge is -2.24. The quantitative estimate of drug-likeness (QED) is 0.522. The van der Waals surface area contributed by atoms with Crippen LogP contribution in [0.1, 0.15) is 34.3 Å². The highest BCUT2D eigenvalue weighted by Gasteiger charge is 2.28. The van der Waals surface area contributed by atoms with E-state index in [0.29, 0.717) is 6.54 Å². The lowest BCUT2D eigenvalue weighted by atomic mass is 10.1. The molecule has 1 saturated heterocycles. The third-order valence-electron chi connectivity index (χ3n) is 5.30. The average Bonchev–Trinajstić information content (AvgIpc) is 3.38. The van der Waals surface area contributed by atoms with E-state index < -0.39 is 0 Å². The molecule has 1 fully saturated rings. The van der Waals surface area contributed by atoms with Crippen molar-refractivity contribution in [2.45, 2.75) is 37.7 Å². The van der Waals surface area contributed by atoms with Gasteiger partial charge in [0.2, 0.25) is 0 Å². The molecular formula is C22H24N2O2S2. The van der Waals surface area contributed by atoms with Gasteiger partial charge < -0.3 is 4.74 Å². The van der Waals surface area contributed by atoms with Crippen LogP contribution in [0.5, 0.6) is 0 Å². The van der Waals surface area contributed by atoms with Crippen LogP contribution in [0.15, 0.2) is 41.3 Å². The summed E-state index contributed by atoms with van der Waals surface area (Å²) in [5, 5.41) is 0.750. The number of anilines is 1. The van der Waals surface area contributed by atoms with Crippen molar-refractivity contribution in [1.82, 2.24) is 4.98 Å². The van der Waals surface area contributed by atoms with Crippen molar-refractivity contribution in [3.8, 4) is 0 Å². The molecule has 0 radical (unpaired) electrons. The van der Waals surface area contributed by atoms with Crippen LogP contribution in [-0.4, -0.2) is 36.4 Å². The number of thioether (sulfide) groups is 1. The Labute approximate surface area is 173 Å². The summed E-state index contributed by atoms with van der Waals surface area (Å²) in [5.74, 6) is -0.00567. The largest absolute Gasteiger partial charge is 0.376 e. The van der Waals surface area contributed by atoms with E-state index in [9.17, 15) is 4.79 Å². The van der Waals surface area contributed by atoms with Crippen molar-refractivity contribution in [1.29, 1.82) is 0 Å². The molecule has 1 aliphatic rings. The van der Waals surface area contributed by atoms with Crippen LogP contribution in [0.2, 0.25) is 0 Å². The number of amides is 1. The number of rotatable bonds is 5. The van der Waals surface area contributed by atoms with Gasteiger partial charge in [-0.25, -0.2) is 4.98 Å². The first-order valence-electron chi connectivity index (χ1n) is 9.51. The van der Waals surface area contributed by atoms with Crippen LogP contribution in [0, 0.1) is 13.8 Å². The molecule has 0 bridgehead atoms. The Morgan fingerprint density at radius 1 is 1.29 bits per heavy atom. The SMILES string of the molecule is CSc1ccccc1C(=O)N(CC1CCCO1)c1nc2c(C)c(C)ccc2s1. The number of nitrogens with zero attached hydrogens (tertiary/aromatic N) is 2. The second kappa shape index (κ2) is 8.23. The summed E-state index contributed by atoms with van der Waals surface area (Å²) in [6.45, 7) is 5.50. The van der Waals surface area contributed by atoms with Crippen LogP contribution in [0.4, 0.5) is 5.13 Å². The highest BCUT2D eigenvalue weighted by molar-refractivity contribution is 7.98. The molecule has 4 rings (SSSR count). The van der Waals surface area contributed by atoms with Gasteiger partial charge in [-0.15, -0.1) is 11.8 Å². The molecule has 6 heteroatoms. The summed E-state index contributed by atoms with van der Waals surface area (Å²) in [6.07, 6.45) is 4.10. The molecule has 0 spiro atoms. The maximum Gasteiger partial charge on any atom is 0.261 e. The van der Waals surface area contributed by atoms with Gasteiger partial charge in [-0.05, 0) is 62.3 Å². The topological polar surface area (TPSA) is 42.4 Å². The number of carbonyl (C=O) groups excluding carboxylic acids is 1. The second-order valence-corrected chi connectivity index (χ2v) is 8.96. The molecule has 28 heavy (non-hydrogen) atoms. The van der Waals surface area contributed by atoms with Gasteiger partial charge in [0.15, 0.2) is 5.13 Å². The van der Waals surface area contributed by atoms with E-state index in [1.807, 2.05) is 35.4 Å². The Hall–Kier alpha value is -1.89. The molecule has 0 N–H and O–H groups in total. The minimum Gasteiger partial charge on any atom is -0.376 e. The highest BCUT2D eigenvalue weighted by atomic mass is 32.2. The van der Waals surface area contributed by atoms with E-state index >= 15 is 0 Å². The fraction of sp³-hybridized carbons (Fsp3) is 0.364. The minimum absolute atomic E-state index is 0.00567. The fourth-order valence-corrected chi connectivity index (χ4v) is 5.16. The van der Waals surface area contributed by atoms with Gasteiger partial charge in [-0.3, -0.25) is 9.69 Å². The van der Waals surface area contributed by atoms with Crippen LogP contribution < -0.4 is 4.90 Å². The number of fused-ring (bicyclic) bond motifs is 1. The molecule has 4 nitrogen and oxygen atoms in total. The molecule has 1 aliphatic heterocycles. The number of aromatic nitrogens is 1. The van der Waals surface area contributed by atoms with Crippen LogP contribution in [-0.2, 0) is 4.74 Å². The number of hydrogen-bond acceptors (Lipinski definition) is 5. The molecule has 1 amide bonds. The first-order valence-corrected chi connectivity index (χ1v) is 11.6. The van der Waals surface area contributed by atoms with Crippen molar-refractivity contribution in [3.63, 3.8) is 0 Å². The van der Waals surface area contributed by atoms with Crippen molar-refractivity contribution in [2.24, 2.45) is 0 Å². The van der Waals surface area contributed by atoms with Gasteiger partial charge in [-0.1, -0.05) is 29.5 Å². The van der Waals surface area contributed by atoms with Gasteiger partial charge in [0, 0.05) is 11.5 Å². The number of ether oxygens (including phenoxy) is 1. The molecule has 2 aromatic carbocycles. The summed E-state index contributed by atoms with van der Waals surface area (Å²) in [4.78, 5) is 21.3. The summed E-state index contributed by atoms with van der Waals surface area (Å²) >= 11 is 3.17. The second-order valence-electron chi connectivity index (χ2n) is 7.10. The predicted molar refractivity (Wildman–Crippen MR) is 118 cm³/mol. The maximum atomic E-state index is 13.6. The first kappa shape index (κ1) is 19.4. The zero-order chi connectivity index (χ0) is 19.7. The van der Waals surface area contributed by atoms with E-state index in [4.69, 9.17) is 9.72 Å². The normalized spacial score (nSPS) is 16.6. The van der Waals surface area contributed by atoms with Crippen molar-refractivity contribution < 1.29 is 9.53 Å². The third kappa shape index (κ3) is 3.69. The lowest BCUT2D eigenvalue weighted by molar-refractivity contribution is 0.0915. The van der Waals surface area contributed by atoms with E-state index in [1.165, 1.54) is 11.1 Å². The zero-order valence-electron chi connectivity index (χ0n) is 16.4. The molecule has 2 heterocycles. The Morgan fingerprint density at radius 2 is 2.11 bits per heavy atom. The Morgan fingerprint density at radius 3 is 2.86 bits per heavy atom. The van der Waals surface area contributed by atoms with Gasteiger partial charge in [0.1, 0.15) is 0 Å². The van der Waals surface area contributed by atoms with E-state index in [0.717, 1.165) is 45.3 Å². The van der Waals surface area contributed by atoms with Gasteiger partial charge in [-0.2, -0.15) is 0 Å². The maximum absolute atomic E-state index is 13.6.